The molecule has 1 aromatic carbocycles. The van der Waals surface area contributed by atoms with Crippen molar-refractivity contribution >= 4 is 5.91 Å². The van der Waals surface area contributed by atoms with Crippen LogP contribution >= 0.6 is 0 Å². The van der Waals surface area contributed by atoms with Crippen LogP contribution in [0.25, 0.3) is 0 Å². The number of para-hydroxylation sites is 1. The number of nitrogens with zero attached hydrogens (tertiary/aromatic N) is 1. The predicted molar refractivity (Wildman–Crippen MR) is 62.3 cm³/mol. The van der Waals surface area contributed by atoms with E-state index in [2.05, 4.69) is 0 Å². The van der Waals surface area contributed by atoms with Crippen LogP contribution < -0.4 is 4.74 Å². The lowest BCUT2D eigenvalue weighted by molar-refractivity contribution is -0.130. The predicted octanol–water partition coefficient (Wildman–Crippen LogP) is 2.08. The maximum Gasteiger partial charge on any atom is 0.222 e. The molecule has 0 saturated carbocycles. The quantitative estimate of drug-likeness (QED) is 0.779. The highest BCUT2D eigenvalue weighted by molar-refractivity contribution is 5.76. The van der Waals surface area contributed by atoms with Crippen molar-refractivity contribution in [3.63, 3.8) is 0 Å². The van der Waals surface area contributed by atoms with E-state index in [0.29, 0.717) is 6.42 Å². The molecule has 86 valence electrons. The van der Waals surface area contributed by atoms with Gasteiger partial charge in [0, 0.05) is 19.4 Å². The largest absolute Gasteiger partial charge is 0.489 e. The summed E-state index contributed by atoms with van der Waals surface area (Å²) in [4.78, 5) is 13.4. The Kier molecular flexibility index (Phi) is 3.44. The highest BCUT2D eigenvalue weighted by atomic mass is 16.5. The van der Waals surface area contributed by atoms with Crippen molar-refractivity contribution < 1.29 is 9.53 Å². The van der Waals surface area contributed by atoms with E-state index >= 15 is 0 Å². The van der Waals surface area contributed by atoms with E-state index in [1.807, 2.05) is 42.2 Å². The molecule has 1 unspecified atom stereocenters. The maximum atomic E-state index is 11.5. The molecule has 1 saturated heterocycles. The molecule has 1 amide bonds. The molecule has 2 rings (SSSR count). The van der Waals surface area contributed by atoms with E-state index in [-0.39, 0.29) is 12.0 Å². The number of ether oxygens (including phenoxy) is 1. The van der Waals surface area contributed by atoms with E-state index in [4.69, 9.17) is 4.74 Å². The lowest BCUT2D eigenvalue weighted by atomic mass is 10.3. The van der Waals surface area contributed by atoms with Gasteiger partial charge in [-0.25, -0.2) is 0 Å². The van der Waals surface area contributed by atoms with Crippen molar-refractivity contribution in [3.05, 3.63) is 30.3 Å². The van der Waals surface area contributed by atoms with Crippen LogP contribution in [0.2, 0.25) is 0 Å². The van der Waals surface area contributed by atoms with Gasteiger partial charge in [0.15, 0.2) is 0 Å². The fourth-order valence-corrected chi connectivity index (χ4v) is 1.97. The first kappa shape index (κ1) is 11.0. The summed E-state index contributed by atoms with van der Waals surface area (Å²) in [6.45, 7) is 3.44. The minimum absolute atomic E-state index is 0.151. The number of amides is 1. The maximum absolute atomic E-state index is 11.5. The molecule has 1 atom stereocenters. The second-order valence-corrected chi connectivity index (χ2v) is 4.03. The lowest BCUT2D eigenvalue weighted by Gasteiger charge is -2.16. The molecule has 0 spiro atoms. The number of benzene rings is 1. The molecule has 1 aliphatic rings. The summed E-state index contributed by atoms with van der Waals surface area (Å²) in [5.74, 6) is 1.11. The fourth-order valence-electron chi connectivity index (χ4n) is 1.97. The summed E-state index contributed by atoms with van der Waals surface area (Å²) >= 11 is 0. The Bertz CT molecular complexity index is 350. The summed E-state index contributed by atoms with van der Waals surface area (Å²) in [6, 6.07) is 9.78. The van der Waals surface area contributed by atoms with E-state index < -0.39 is 0 Å². The number of likely N-dealkylation sites (tertiary alicyclic amines) is 1. The normalized spacial score (nSPS) is 19.8. The van der Waals surface area contributed by atoms with Crippen molar-refractivity contribution in [3.8, 4) is 5.75 Å². The van der Waals surface area contributed by atoms with Crippen LogP contribution in [0.5, 0.6) is 5.75 Å². The van der Waals surface area contributed by atoms with Gasteiger partial charge < -0.3 is 9.64 Å². The van der Waals surface area contributed by atoms with Crippen molar-refractivity contribution in [2.24, 2.45) is 0 Å². The Morgan fingerprint density at radius 1 is 1.44 bits per heavy atom. The minimum Gasteiger partial charge on any atom is -0.489 e. The van der Waals surface area contributed by atoms with Gasteiger partial charge in [0.2, 0.25) is 5.91 Å². The van der Waals surface area contributed by atoms with Gasteiger partial charge in [0.1, 0.15) is 11.9 Å². The summed E-state index contributed by atoms with van der Waals surface area (Å²) in [7, 11) is 0. The van der Waals surface area contributed by atoms with Gasteiger partial charge >= 0.3 is 0 Å². The second kappa shape index (κ2) is 5.01. The lowest BCUT2D eigenvalue weighted by Crippen LogP contribution is -2.30. The Labute approximate surface area is 96.0 Å². The molecule has 16 heavy (non-hydrogen) atoms. The first-order valence-electron chi connectivity index (χ1n) is 5.79. The average molecular weight is 219 g/mol. The molecule has 1 heterocycles. The van der Waals surface area contributed by atoms with Crippen LogP contribution in [0.4, 0.5) is 0 Å². The molecule has 1 aromatic rings. The summed E-state index contributed by atoms with van der Waals surface area (Å²) in [6.07, 6.45) is 1.66. The van der Waals surface area contributed by atoms with Crippen molar-refractivity contribution in [1.82, 2.24) is 4.90 Å². The monoisotopic (exact) mass is 219 g/mol. The average Bonchev–Trinajstić information content (AvgIpc) is 2.78. The summed E-state index contributed by atoms with van der Waals surface area (Å²) < 4.78 is 5.81. The van der Waals surface area contributed by atoms with E-state index in [0.717, 1.165) is 25.3 Å². The fraction of sp³-hybridized carbons (Fsp3) is 0.462. The molecular formula is C13H17NO2. The van der Waals surface area contributed by atoms with Crippen molar-refractivity contribution in [2.75, 3.05) is 13.1 Å². The molecule has 0 aliphatic carbocycles. The summed E-state index contributed by atoms with van der Waals surface area (Å²) in [5, 5.41) is 0. The molecule has 3 nitrogen and oxygen atoms in total. The van der Waals surface area contributed by atoms with E-state index in [9.17, 15) is 4.79 Å². The Morgan fingerprint density at radius 2 is 2.19 bits per heavy atom. The first-order valence-corrected chi connectivity index (χ1v) is 5.79. The van der Waals surface area contributed by atoms with Crippen LogP contribution in [0, 0.1) is 0 Å². The SMILES string of the molecule is CCC(=O)N1CCC(Oc2ccccc2)C1. The second-order valence-electron chi connectivity index (χ2n) is 4.03. The minimum atomic E-state index is 0.151. The van der Waals surface area contributed by atoms with Crippen molar-refractivity contribution in [1.29, 1.82) is 0 Å². The smallest absolute Gasteiger partial charge is 0.222 e. The number of hydrogen-bond donors (Lipinski definition) is 0. The van der Waals surface area contributed by atoms with Crippen LogP contribution in [0.3, 0.4) is 0 Å². The van der Waals surface area contributed by atoms with Gasteiger partial charge in [-0.15, -0.1) is 0 Å². The molecular weight excluding hydrogens is 202 g/mol. The Hall–Kier alpha value is -1.51. The highest BCUT2D eigenvalue weighted by Crippen LogP contribution is 2.18. The van der Waals surface area contributed by atoms with Crippen molar-refractivity contribution in [2.45, 2.75) is 25.9 Å². The van der Waals surface area contributed by atoms with Gasteiger partial charge in [-0.05, 0) is 12.1 Å². The zero-order chi connectivity index (χ0) is 11.4. The topological polar surface area (TPSA) is 29.5 Å². The zero-order valence-electron chi connectivity index (χ0n) is 9.56. The first-order chi connectivity index (χ1) is 7.79. The Balaban J connectivity index is 1.88. The van der Waals surface area contributed by atoms with Gasteiger partial charge in [-0.3, -0.25) is 4.79 Å². The molecule has 0 radical (unpaired) electrons. The van der Waals surface area contributed by atoms with Crippen LogP contribution in [-0.2, 0) is 4.79 Å². The van der Waals surface area contributed by atoms with Gasteiger partial charge in [0.25, 0.3) is 0 Å². The number of rotatable bonds is 3. The molecule has 0 bridgehead atoms. The van der Waals surface area contributed by atoms with Crippen LogP contribution in [-0.4, -0.2) is 30.0 Å². The highest BCUT2D eigenvalue weighted by Gasteiger charge is 2.26. The number of carbonyl (C=O) groups is 1. The molecule has 1 fully saturated rings. The van der Waals surface area contributed by atoms with Gasteiger partial charge in [0.05, 0.1) is 6.54 Å². The number of hydrogen-bond acceptors (Lipinski definition) is 2. The number of carbonyl (C=O) groups excluding carboxylic acids is 1. The van der Waals surface area contributed by atoms with Crippen LogP contribution in [0.1, 0.15) is 19.8 Å². The Morgan fingerprint density at radius 3 is 2.88 bits per heavy atom. The molecule has 1 aliphatic heterocycles. The standard InChI is InChI=1S/C13H17NO2/c1-2-13(15)14-9-8-12(10-14)16-11-6-4-3-5-7-11/h3-7,12H,2,8-10H2,1H3. The van der Waals surface area contributed by atoms with E-state index in [1.165, 1.54) is 0 Å². The molecule has 0 aromatic heterocycles. The van der Waals surface area contributed by atoms with Crippen LogP contribution in [0.15, 0.2) is 30.3 Å². The van der Waals surface area contributed by atoms with E-state index in [1.54, 1.807) is 0 Å². The third-order valence-corrected chi connectivity index (χ3v) is 2.85. The zero-order valence-corrected chi connectivity index (χ0v) is 9.56. The third kappa shape index (κ3) is 2.54. The molecule has 3 heteroatoms. The third-order valence-electron chi connectivity index (χ3n) is 2.85. The van der Waals surface area contributed by atoms with Gasteiger partial charge in [-0.1, -0.05) is 25.1 Å². The molecule has 0 N–H and O–H groups in total. The summed E-state index contributed by atoms with van der Waals surface area (Å²) in [5.41, 5.74) is 0. The van der Waals surface area contributed by atoms with Gasteiger partial charge in [-0.2, -0.15) is 0 Å².